The number of fused-ring (bicyclic) bond motifs is 1. The summed E-state index contributed by atoms with van der Waals surface area (Å²) in [6, 6.07) is 19.1. The molecule has 0 bridgehead atoms. The summed E-state index contributed by atoms with van der Waals surface area (Å²) in [6.07, 6.45) is 3.05. The van der Waals surface area contributed by atoms with E-state index in [0.29, 0.717) is 23.6 Å². The molecule has 1 aliphatic rings. The summed E-state index contributed by atoms with van der Waals surface area (Å²) >= 11 is 0. The van der Waals surface area contributed by atoms with Gasteiger partial charge < -0.3 is 5.32 Å². The third-order valence-corrected chi connectivity index (χ3v) is 7.64. The van der Waals surface area contributed by atoms with Gasteiger partial charge in [0.1, 0.15) is 6.33 Å². The summed E-state index contributed by atoms with van der Waals surface area (Å²) in [4.78, 5) is 13.1. The van der Waals surface area contributed by atoms with Gasteiger partial charge in [0.05, 0.1) is 16.3 Å². The summed E-state index contributed by atoms with van der Waals surface area (Å²) in [5.41, 5.74) is 4.06. The van der Waals surface area contributed by atoms with Crippen LogP contribution in [0.5, 0.6) is 0 Å². The van der Waals surface area contributed by atoms with Gasteiger partial charge in [-0.15, -0.1) is 5.10 Å². The van der Waals surface area contributed by atoms with Crippen LogP contribution >= 0.6 is 0 Å². The average Bonchev–Trinajstić information content (AvgIpc) is 3.40. The first-order valence-electron chi connectivity index (χ1n) is 10.8. The summed E-state index contributed by atoms with van der Waals surface area (Å²) in [7, 11) is -3.82. The van der Waals surface area contributed by atoms with E-state index >= 15 is 0 Å². The Hall–Kier alpha value is -4.05. The fourth-order valence-electron chi connectivity index (χ4n) is 4.04. The fourth-order valence-corrected chi connectivity index (χ4v) is 5.62. The number of sulfonamides is 1. The Balaban J connectivity index is 1.43. The Morgan fingerprint density at radius 2 is 1.88 bits per heavy atom. The van der Waals surface area contributed by atoms with E-state index in [1.807, 2.05) is 43.3 Å². The standard InChI is InChI=1S/C24H22N6O3S/c1-17-11-12-20(29-16-25-27-28-29)15-22(17)26-24(31)19-7-4-9-21(14-19)34(32,33)30-13-5-8-18-6-2-3-10-23(18)30/h2-4,6-7,9-12,14-16H,5,8,13H2,1H3,(H,26,31). The summed E-state index contributed by atoms with van der Waals surface area (Å²) < 4.78 is 29.9. The van der Waals surface area contributed by atoms with Crippen molar-refractivity contribution in [3.63, 3.8) is 0 Å². The van der Waals surface area contributed by atoms with E-state index in [0.717, 1.165) is 24.0 Å². The van der Waals surface area contributed by atoms with E-state index in [9.17, 15) is 13.2 Å². The average molecular weight is 475 g/mol. The number of hydrogen-bond acceptors (Lipinski definition) is 6. The van der Waals surface area contributed by atoms with Crippen LogP contribution in [0.3, 0.4) is 0 Å². The van der Waals surface area contributed by atoms with Crippen molar-refractivity contribution >= 4 is 27.3 Å². The minimum atomic E-state index is -3.82. The molecular formula is C24H22N6O3S. The number of nitrogens with one attached hydrogen (secondary N) is 1. The van der Waals surface area contributed by atoms with E-state index in [1.54, 1.807) is 18.2 Å². The molecule has 34 heavy (non-hydrogen) atoms. The van der Waals surface area contributed by atoms with Crippen molar-refractivity contribution in [2.45, 2.75) is 24.7 Å². The highest BCUT2D eigenvalue weighted by Gasteiger charge is 2.29. The lowest BCUT2D eigenvalue weighted by molar-refractivity contribution is 0.102. The van der Waals surface area contributed by atoms with E-state index in [4.69, 9.17) is 0 Å². The van der Waals surface area contributed by atoms with Crippen LogP contribution in [0.25, 0.3) is 5.69 Å². The molecule has 9 nitrogen and oxygen atoms in total. The maximum absolute atomic E-state index is 13.5. The Morgan fingerprint density at radius 1 is 1.03 bits per heavy atom. The molecule has 1 aliphatic heterocycles. The number of nitrogens with zero attached hydrogens (tertiary/aromatic N) is 5. The number of aromatic nitrogens is 4. The highest BCUT2D eigenvalue weighted by molar-refractivity contribution is 7.92. The number of carbonyl (C=O) groups is 1. The van der Waals surface area contributed by atoms with Gasteiger partial charge in [0.15, 0.2) is 0 Å². The maximum Gasteiger partial charge on any atom is 0.264 e. The second kappa shape index (κ2) is 8.71. The molecule has 0 saturated heterocycles. The van der Waals surface area contributed by atoms with Gasteiger partial charge in [-0.05, 0) is 77.7 Å². The van der Waals surface area contributed by atoms with Gasteiger partial charge in [-0.1, -0.05) is 30.3 Å². The van der Waals surface area contributed by atoms with Gasteiger partial charge in [-0.25, -0.2) is 13.1 Å². The number of hydrogen-bond donors (Lipinski definition) is 1. The molecule has 1 N–H and O–H groups in total. The highest BCUT2D eigenvalue weighted by Crippen LogP contribution is 2.32. The monoisotopic (exact) mass is 474 g/mol. The molecule has 0 aliphatic carbocycles. The molecule has 0 radical (unpaired) electrons. The SMILES string of the molecule is Cc1ccc(-n2cnnn2)cc1NC(=O)c1cccc(S(=O)(=O)N2CCCc3ccccc32)c1. The lowest BCUT2D eigenvalue weighted by Gasteiger charge is -2.30. The number of carbonyl (C=O) groups excluding carboxylic acids is 1. The second-order valence-corrected chi connectivity index (χ2v) is 9.91. The van der Waals surface area contributed by atoms with Crippen molar-refractivity contribution in [1.82, 2.24) is 20.2 Å². The molecule has 0 atom stereocenters. The van der Waals surface area contributed by atoms with Crippen LogP contribution in [-0.4, -0.2) is 41.1 Å². The normalized spacial score (nSPS) is 13.4. The van der Waals surface area contributed by atoms with Crippen molar-refractivity contribution in [3.8, 4) is 5.69 Å². The van der Waals surface area contributed by atoms with Gasteiger partial charge in [-0.3, -0.25) is 9.10 Å². The quantitative estimate of drug-likeness (QED) is 0.475. The number of anilines is 2. The minimum absolute atomic E-state index is 0.0796. The summed E-state index contributed by atoms with van der Waals surface area (Å²) in [5.74, 6) is -0.409. The van der Waals surface area contributed by atoms with Crippen LogP contribution in [0.2, 0.25) is 0 Å². The Kier molecular flexibility index (Phi) is 5.58. The minimum Gasteiger partial charge on any atom is -0.322 e. The number of para-hydroxylation sites is 1. The number of rotatable bonds is 5. The van der Waals surface area contributed by atoms with Gasteiger partial charge in [0, 0.05) is 17.8 Å². The molecule has 0 spiro atoms. The van der Waals surface area contributed by atoms with Crippen LogP contribution in [0.4, 0.5) is 11.4 Å². The molecule has 0 fully saturated rings. The molecule has 1 amide bonds. The summed E-state index contributed by atoms with van der Waals surface area (Å²) in [6.45, 7) is 2.27. The largest absolute Gasteiger partial charge is 0.322 e. The van der Waals surface area contributed by atoms with Crippen molar-refractivity contribution in [2.75, 3.05) is 16.2 Å². The number of amides is 1. The van der Waals surface area contributed by atoms with E-state index < -0.39 is 15.9 Å². The molecule has 3 aromatic carbocycles. The first-order valence-corrected chi connectivity index (χ1v) is 12.2. The highest BCUT2D eigenvalue weighted by atomic mass is 32.2. The Bertz CT molecular complexity index is 1470. The lowest BCUT2D eigenvalue weighted by Crippen LogP contribution is -2.35. The molecular weight excluding hydrogens is 452 g/mol. The molecule has 1 aromatic heterocycles. The Morgan fingerprint density at radius 3 is 2.71 bits per heavy atom. The van der Waals surface area contributed by atoms with E-state index in [-0.39, 0.29) is 10.5 Å². The number of aryl methyl sites for hydroxylation is 2. The zero-order valence-corrected chi connectivity index (χ0v) is 19.2. The fraction of sp³-hybridized carbons (Fsp3) is 0.167. The van der Waals surface area contributed by atoms with Crippen LogP contribution in [-0.2, 0) is 16.4 Å². The molecule has 5 rings (SSSR count). The number of benzene rings is 3. The first kappa shape index (κ1) is 21.8. The van der Waals surface area contributed by atoms with Crippen molar-refractivity contribution < 1.29 is 13.2 Å². The first-order chi connectivity index (χ1) is 16.4. The molecule has 172 valence electrons. The predicted molar refractivity (Wildman–Crippen MR) is 128 cm³/mol. The number of tetrazole rings is 1. The van der Waals surface area contributed by atoms with Crippen molar-refractivity contribution in [3.05, 3.63) is 89.7 Å². The second-order valence-electron chi connectivity index (χ2n) is 8.05. The molecule has 10 heteroatoms. The third-order valence-electron chi connectivity index (χ3n) is 5.83. The van der Waals surface area contributed by atoms with E-state index in [2.05, 4.69) is 20.8 Å². The Labute approximate surface area is 197 Å². The van der Waals surface area contributed by atoms with E-state index in [1.165, 1.54) is 27.4 Å². The summed E-state index contributed by atoms with van der Waals surface area (Å²) in [5, 5.41) is 14.0. The van der Waals surface area contributed by atoms with Crippen LogP contribution in [0, 0.1) is 6.92 Å². The smallest absolute Gasteiger partial charge is 0.264 e. The van der Waals surface area contributed by atoms with Crippen molar-refractivity contribution in [1.29, 1.82) is 0 Å². The zero-order valence-electron chi connectivity index (χ0n) is 18.4. The van der Waals surface area contributed by atoms with Crippen LogP contribution < -0.4 is 9.62 Å². The van der Waals surface area contributed by atoms with Gasteiger partial charge in [0.25, 0.3) is 15.9 Å². The van der Waals surface area contributed by atoms with Crippen molar-refractivity contribution in [2.24, 2.45) is 0 Å². The topological polar surface area (TPSA) is 110 Å². The molecule has 2 heterocycles. The lowest BCUT2D eigenvalue weighted by atomic mass is 10.0. The third kappa shape index (κ3) is 4.03. The molecule has 0 saturated carbocycles. The predicted octanol–water partition coefficient (Wildman–Crippen LogP) is 3.36. The maximum atomic E-state index is 13.5. The van der Waals surface area contributed by atoms with Gasteiger partial charge >= 0.3 is 0 Å². The van der Waals surface area contributed by atoms with Crippen LogP contribution in [0.1, 0.15) is 27.9 Å². The molecule has 4 aromatic rings. The molecule has 0 unspecified atom stereocenters. The van der Waals surface area contributed by atoms with Gasteiger partial charge in [0.2, 0.25) is 0 Å². The zero-order chi connectivity index (χ0) is 23.7. The van der Waals surface area contributed by atoms with Gasteiger partial charge in [-0.2, -0.15) is 0 Å². The van der Waals surface area contributed by atoms with Crippen LogP contribution in [0.15, 0.2) is 78.0 Å².